The van der Waals surface area contributed by atoms with E-state index >= 15 is 0 Å². The minimum atomic E-state index is -0.0138. The van der Waals surface area contributed by atoms with E-state index in [-0.39, 0.29) is 5.56 Å². The highest BCUT2D eigenvalue weighted by molar-refractivity contribution is 7.99. The Kier molecular flexibility index (Phi) is 3.41. The summed E-state index contributed by atoms with van der Waals surface area (Å²) in [5.74, 6) is 1.43. The molecule has 0 atom stereocenters. The average Bonchev–Trinajstić information content (AvgIpc) is 3.27. The Morgan fingerprint density at radius 2 is 2.17 bits per heavy atom. The molecule has 0 saturated heterocycles. The van der Waals surface area contributed by atoms with Gasteiger partial charge in [-0.15, -0.1) is 0 Å². The number of pyridine rings is 2. The lowest BCUT2D eigenvalue weighted by Crippen LogP contribution is -2.16. The lowest BCUT2D eigenvalue weighted by Gasteiger charge is -2.13. The molecule has 3 heterocycles. The van der Waals surface area contributed by atoms with Gasteiger partial charge in [0, 0.05) is 36.6 Å². The summed E-state index contributed by atoms with van der Waals surface area (Å²) in [4.78, 5) is 20.2. The van der Waals surface area contributed by atoms with Gasteiger partial charge in [-0.25, -0.2) is 4.98 Å². The summed E-state index contributed by atoms with van der Waals surface area (Å²) in [6.07, 6.45) is 8.12. The Bertz CT molecular complexity index is 939. The Labute approximate surface area is 138 Å². The van der Waals surface area contributed by atoms with Crippen LogP contribution in [0.15, 0.2) is 35.4 Å². The number of aryl methyl sites for hydroxylation is 1. The standard InChI is InChI=1S/C17H18N4OS/c1-21-9-13(12-7-8-18-16(12)17(21)22)15-11(10-3-4-10)5-6-14(19-15)20-23-2/h5-10,18H,3-4H2,1-2H3,(H,19,20). The lowest BCUT2D eigenvalue weighted by atomic mass is 10.0. The van der Waals surface area contributed by atoms with Crippen LogP contribution >= 0.6 is 11.9 Å². The highest BCUT2D eigenvalue weighted by atomic mass is 32.2. The second-order valence-corrected chi connectivity index (χ2v) is 6.55. The molecule has 0 radical (unpaired) electrons. The van der Waals surface area contributed by atoms with E-state index < -0.39 is 0 Å². The van der Waals surface area contributed by atoms with Crippen LogP contribution in [-0.4, -0.2) is 20.8 Å². The first kappa shape index (κ1) is 14.4. The van der Waals surface area contributed by atoms with Crippen LogP contribution in [0.25, 0.3) is 22.2 Å². The molecule has 1 saturated carbocycles. The molecule has 3 aromatic rings. The van der Waals surface area contributed by atoms with Crippen LogP contribution in [0.5, 0.6) is 0 Å². The fraction of sp³-hybridized carbons (Fsp3) is 0.294. The fourth-order valence-corrected chi connectivity index (χ4v) is 3.35. The zero-order valence-electron chi connectivity index (χ0n) is 13.1. The van der Waals surface area contributed by atoms with Crippen LogP contribution in [0.2, 0.25) is 0 Å². The molecule has 0 bridgehead atoms. The number of nitrogens with one attached hydrogen (secondary N) is 2. The van der Waals surface area contributed by atoms with Crippen LogP contribution in [0.4, 0.5) is 5.82 Å². The van der Waals surface area contributed by atoms with Gasteiger partial charge in [0.25, 0.3) is 5.56 Å². The van der Waals surface area contributed by atoms with Crippen molar-refractivity contribution in [3.05, 3.63) is 46.5 Å². The van der Waals surface area contributed by atoms with Crippen molar-refractivity contribution in [2.24, 2.45) is 7.05 Å². The zero-order chi connectivity index (χ0) is 16.0. The number of hydrogen-bond acceptors (Lipinski definition) is 4. The number of aromatic nitrogens is 3. The third-order valence-electron chi connectivity index (χ3n) is 4.30. The zero-order valence-corrected chi connectivity index (χ0v) is 13.9. The molecule has 6 heteroatoms. The highest BCUT2D eigenvalue weighted by Crippen LogP contribution is 2.45. The molecule has 4 rings (SSSR count). The molecule has 23 heavy (non-hydrogen) atoms. The fourth-order valence-electron chi connectivity index (χ4n) is 3.03. The summed E-state index contributed by atoms with van der Waals surface area (Å²) in [5.41, 5.74) is 3.89. The number of fused-ring (bicyclic) bond motifs is 1. The van der Waals surface area contributed by atoms with Crippen molar-refractivity contribution >= 4 is 28.7 Å². The number of H-pyrrole nitrogens is 1. The lowest BCUT2D eigenvalue weighted by molar-refractivity contribution is 0.870. The molecule has 5 nitrogen and oxygen atoms in total. The molecule has 0 spiro atoms. The summed E-state index contributed by atoms with van der Waals surface area (Å²) in [6.45, 7) is 0. The van der Waals surface area contributed by atoms with Crippen molar-refractivity contribution in [2.45, 2.75) is 18.8 Å². The predicted octanol–water partition coefficient (Wildman–Crippen LogP) is 3.50. The smallest absolute Gasteiger partial charge is 0.274 e. The maximum Gasteiger partial charge on any atom is 0.274 e. The van der Waals surface area contributed by atoms with Gasteiger partial charge in [0.2, 0.25) is 0 Å². The Morgan fingerprint density at radius 3 is 2.91 bits per heavy atom. The van der Waals surface area contributed by atoms with Crippen molar-refractivity contribution in [2.75, 3.05) is 11.0 Å². The molecule has 0 unspecified atom stereocenters. The number of anilines is 1. The van der Waals surface area contributed by atoms with E-state index in [4.69, 9.17) is 4.98 Å². The van der Waals surface area contributed by atoms with E-state index in [9.17, 15) is 4.79 Å². The van der Waals surface area contributed by atoms with Crippen molar-refractivity contribution < 1.29 is 0 Å². The maximum atomic E-state index is 12.3. The number of hydrogen-bond donors (Lipinski definition) is 2. The van der Waals surface area contributed by atoms with Gasteiger partial charge in [0.15, 0.2) is 0 Å². The van der Waals surface area contributed by atoms with E-state index in [2.05, 4.69) is 15.8 Å². The topological polar surface area (TPSA) is 62.7 Å². The normalized spacial score (nSPS) is 14.3. The van der Waals surface area contributed by atoms with E-state index in [1.54, 1.807) is 11.6 Å². The largest absolute Gasteiger partial charge is 0.357 e. The van der Waals surface area contributed by atoms with Gasteiger partial charge in [0.1, 0.15) is 11.3 Å². The first-order valence-corrected chi connectivity index (χ1v) is 8.88. The molecule has 1 aliphatic rings. The van der Waals surface area contributed by atoms with Crippen molar-refractivity contribution in [1.82, 2.24) is 14.5 Å². The minimum Gasteiger partial charge on any atom is -0.357 e. The summed E-state index contributed by atoms with van der Waals surface area (Å²) >= 11 is 1.53. The highest BCUT2D eigenvalue weighted by Gasteiger charge is 2.28. The van der Waals surface area contributed by atoms with Gasteiger partial charge in [-0.2, -0.15) is 0 Å². The van der Waals surface area contributed by atoms with Gasteiger partial charge >= 0.3 is 0 Å². The summed E-state index contributed by atoms with van der Waals surface area (Å²) in [7, 11) is 1.78. The SMILES string of the molecule is CSNc1ccc(C2CC2)c(-c2cn(C)c(=O)c3[nH]ccc23)n1. The molecular weight excluding hydrogens is 308 g/mol. The van der Waals surface area contributed by atoms with Crippen LogP contribution < -0.4 is 10.3 Å². The van der Waals surface area contributed by atoms with Gasteiger partial charge in [-0.05, 0) is 36.5 Å². The molecule has 2 N–H and O–H groups in total. The molecule has 0 aromatic carbocycles. The predicted molar refractivity (Wildman–Crippen MR) is 95.9 cm³/mol. The van der Waals surface area contributed by atoms with Crippen molar-refractivity contribution in [3.63, 3.8) is 0 Å². The molecule has 0 amide bonds. The average molecular weight is 326 g/mol. The van der Waals surface area contributed by atoms with E-state index in [0.717, 1.165) is 22.5 Å². The quantitative estimate of drug-likeness (QED) is 0.720. The summed E-state index contributed by atoms with van der Waals surface area (Å²) < 4.78 is 4.83. The van der Waals surface area contributed by atoms with Crippen LogP contribution in [0.1, 0.15) is 24.3 Å². The first-order valence-electron chi connectivity index (χ1n) is 7.66. The third kappa shape index (κ3) is 2.43. The van der Waals surface area contributed by atoms with E-state index in [1.165, 1.54) is 30.4 Å². The molecule has 1 aliphatic carbocycles. The molecule has 118 valence electrons. The van der Waals surface area contributed by atoms with Crippen LogP contribution in [0, 0.1) is 0 Å². The molecule has 3 aromatic heterocycles. The van der Waals surface area contributed by atoms with Crippen molar-refractivity contribution in [3.8, 4) is 11.3 Å². The maximum absolute atomic E-state index is 12.3. The first-order chi connectivity index (χ1) is 11.2. The number of aromatic amines is 1. The molecule has 1 fully saturated rings. The Hall–Kier alpha value is -2.21. The van der Waals surface area contributed by atoms with Gasteiger partial charge in [-0.1, -0.05) is 18.0 Å². The van der Waals surface area contributed by atoms with Crippen molar-refractivity contribution in [1.29, 1.82) is 0 Å². The Morgan fingerprint density at radius 1 is 1.35 bits per heavy atom. The van der Waals surface area contributed by atoms with Gasteiger partial charge in [-0.3, -0.25) is 4.79 Å². The van der Waals surface area contributed by atoms with E-state index in [1.807, 2.05) is 30.8 Å². The second kappa shape index (κ2) is 5.45. The number of nitrogens with zero attached hydrogens (tertiary/aromatic N) is 2. The second-order valence-electron chi connectivity index (χ2n) is 5.94. The Balaban J connectivity index is 1.99. The summed E-state index contributed by atoms with van der Waals surface area (Å²) in [6, 6.07) is 6.16. The van der Waals surface area contributed by atoms with E-state index in [0.29, 0.717) is 11.4 Å². The summed E-state index contributed by atoms with van der Waals surface area (Å²) in [5, 5.41) is 0.934. The minimum absolute atomic E-state index is 0.0138. The monoisotopic (exact) mass is 326 g/mol. The number of rotatable bonds is 4. The van der Waals surface area contributed by atoms with Gasteiger partial charge in [0.05, 0.1) is 5.69 Å². The van der Waals surface area contributed by atoms with Gasteiger partial charge < -0.3 is 14.3 Å². The third-order valence-corrected chi connectivity index (χ3v) is 4.71. The van der Waals surface area contributed by atoms with Crippen LogP contribution in [-0.2, 0) is 7.05 Å². The molecule has 0 aliphatic heterocycles. The van der Waals surface area contributed by atoms with Crippen LogP contribution in [0.3, 0.4) is 0 Å². The molecular formula is C17H18N4OS.